The van der Waals surface area contributed by atoms with Crippen LogP contribution in [0.15, 0.2) is 40.6 Å². The normalized spacial score (nSPS) is 11.2. The minimum absolute atomic E-state index is 0.0350. The third-order valence-electron chi connectivity index (χ3n) is 2.40. The summed E-state index contributed by atoms with van der Waals surface area (Å²) in [6, 6.07) is 8.28. The van der Waals surface area contributed by atoms with Gasteiger partial charge in [0.25, 0.3) is 15.9 Å². The number of thiophene rings is 1. The Hall–Kier alpha value is -1.86. The molecule has 0 saturated heterocycles. The molecule has 1 aromatic heterocycles. The van der Waals surface area contributed by atoms with E-state index < -0.39 is 15.9 Å². The summed E-state index contributed by atoms with van der Waals surface area (Å²) in [6.07, 6.45) is 0. The Balaban J connectivity index is 2.29. The van der Waals surface area contributed by atoms with Crippen molar-refractivity contribution < 1.29 is 13.2 Å². The topological polar surface area (TPSA) is 89.3 Å². The number of hydrogen-bond donors (Lipinski definition) is 2. The van der Waals surface area contributed by atoms with E-state index in [1.54, 1.807) is 18.2 Å². The fourth-order valence-electron chi connectivity index (χ4n) is 1.51. The van der Waals surface area contributed by atoms with Crippen LogP contribution < -0.4 is 10.5 Å². The van der Waals surface area contributed by atoms with Gasteiger partial charge in [-0.1, -0.05) is 12.1 Å². The van der Waals surface area contributed by atoms with E-state index >= 15 is 0 Å². The summed E-state index contributed by atoms with van der Waals surface area (Å²) < 4.78 is 26.6. The zero-order valence-corrected chi connectivity index (χ0v) is 11.7. The second kappa shape index (κ2) is 5.02. The quantitative estimate of drug-likeness (QED) is 0.903. The van der Waals surface area contributed by atoms with Crippen molar-refractivity contribution in [1.82, 2.24) is 0 Å². The highest BCUT2D eigenvalue weighted by Gasteiger charge is 2.17. The molecule has 19 heavy (non-hydrogen) atoms. The highest BCUT2D eigenvalue weighted by molar-refractivity contribution is 7.92. The summed E-state index contributed by atoms with van der Waals surface area (Å²) in [4.78, 5) is 11.2. The molecule has 1 aromatic carbocycles. The molecule has 0 bridgehead atoms. The van der Waals surface area contributed by atoms with E-state index in [4.69, 9.17) is 5.73 Å². The molecule has 0 atom stereocenters. The summed E-state index contributed by atoms with van der Waals surface area (Å²) in [5, 5.41) is 1.39. The lowest BCUT2D eigenvalue weighted by atomic mass is 10.2. The van der Waals surface area contributed by atoms with Crippen LogP contribution in [-0.2, 0) is 10.0 Å². The smallest absolute Gasteiger partial charge is 0.262 e. The van der Waals surface area contributed by atoms with E-state index in [0.29, 0.717) is 5.69 Å². The lowest BCUT2D eigenvalue weighted by molar-refractivity contribution is 0.100. The molecule has 100 valence electrons. The number of benzene rings is 1. The molecule has 0 radical (unpaired) electrons. The first-order valence-electron chi connectivity index (χ1n) is 5.36. The van der Waals surface area contributed by atoms with Crippen LogP contribution in [0.3, 0.4) is 0 Å². The summed E-state index contributed by atoms with van der Waals surface area (Å²) in [5.74, 6) is -0.637. The molecule has 5 nitrogen and oxygen atoms in total. The molecule has 0 aliphatic heterocycles. The van der Waals surface area contributed by atoms with Gasteiger partial charge in [0, 0.05) is 11.1 Å². The molecule has 3 N–H and O–H groups in total. The molecule has 2 rings (SSSR count). The molecule has 0 saturated carbocycles. The van der Waals surface area contributed by atoms with E-state index in [9.17, 15) is 13.2 Å². The molecule has 0 unspecified atom stereocenters. The van der Waals surface area contributed by atoms with Crippen LogP contribution in [0, 0.1) is 6.92 Å². The standard InChI is InChI=1S/C12H12N2O3S2/c1-8-3-2-4-9(5-8)14-19(16,17)10-6-11(12(13)15)18-7-10/h2-7,14H,1H3,(H2,13,15). The van der Waals surface area contributed by atoms with Crippen LogP contribution in [0.4, 0.5) is 5.69 Å². The van der Waals surface area contributed by atoms with Crippen LogP contribution in [0.5, 0.6) is 0 Å². The van der Waals surface area contributed by atoms with Crippen molar-refractivity contribution in [2.75, 3.05) is 4.72 Å². The Morgan fingerprint density at radius 2 is 2.05 bits per heavy atom. The number of hydrogen-bond acceptors (Lipinski definition) is 4. The molecular weight excluding hydrogens is 284 g/mol. The number of carbonyl (C=O) groups is 1. The monoisotopic (exact) mass is 296 g/mol. The fourth-order valence-corrected chi connectivity index (χ4v) is 3.69. The van der Waals surface area contributed by atoms with Gasteiger partial charge < -0.3 is 5.73 Å². The van der Waals surface area contributed by atoms with Crippen molar-refractivity contribution in [1.29, 1.82) is 0 Å². The molecule has 1 amide bonds. The van der Waals surface area contributed by atoms with Crippen LogP contribution >= 0.6 is 11.3 Å². The molecule has 0 spiro atoms. The number of amides is 1. The van der Waals surface area contributed by atoms with Crippen molar-refractivity contribution in [3.63, 3.8) is 0 Å². The second-order valence-electron chi connectivity index (χ2n) is 3.99. The first-order chi connectivity index (χ1) is 8.88. The van der Waals surface area contributed by atoms with Crippen LogP contribution in [-0.4, -0.2) is 14.3 Å². The Bertz CT molecular complexity index is 720. The van der Waals surface area contributed by atoms with E-state index in [2.05, 4.69) is 4.72 Å². The van der Waals surface area contributed by atoms with Crippen LogP contribution in [0.2, 0.25) is 0 Å². The average molecular weight is 296 g/mol. The van der Waals surface area contributed by atoms with Crippen LogP contribution in [0.1, 0.15) is 15.2 Å². The summed E-state index contributed by atoms with van der Waals surface area (Å²) in [7, 11) is -3.69. The Morgan fingerprint density at radius 3 is 2.63 bits per heavy atom. The Labute approximate surface area is 115 Å². The molecule has 2 aromatic rings. The minimum atomic E-state index is -3.69. The maximum atomic E-state index is 12.1. The SMILES string of the molecule is Cc1cccc(NS(=O)(=O)c2csc(C(N)=O)c2)c1. The molecular formula is C12H12N2O3S2. The molecule has 0 aliphatic rings. The van der Waals surface area contributed by atoms with Crippen molar-refractivity contribution in [2.24, 2.45) is 5.73 Å². The highest BCUT2D eigenvalue weighted by atomic mass is 32.2. The van der Waals surface area contributed by atoms with Gasteiger partial charge in [0.05, 0.1) is 9.77 Å². The first-order valence-corrected chi connectivity index (χ1v) is 7.72. The van der Waals surface area contributed by atoms with Gasteiger partial charge in [0.2, 0.25) is 0 Å². The predicted octanol–water partition coefficient (Wildman–Crippen LogP) is 1.96. The summed E-state index contributed by atoms with van der Waals surface area (Å²) in [6.45, 7) is 1.87. The van der Waals surface area contributed by atoms with Crippen molar-refractivity contribution >= 4 is 33.0 Å². The van der Waals surface area contributed by atoms with Crippen LogP contribution in [0.25, 0.3) is 0 Å². The van der Waals surface area contributed by atoms with E-state index in [1.165, 1.54) is 11.4 Å². The fraction of sp³-hybridized carbons (Fsp3) is 0.0833. The van der Waals surface area contributed by atoms with Gasteiger partial charge in [-0.15, -0.1) is 11.3 Å². The van der Waals surface area contributed by atoms with E-state index in [0.717, 1.165) is 16.9 Å². The minimum Gasteiger partial charge on any atom is -0.365 e. The van der Waals surface area contributed by atoms with Crippen molar-refractivity contribution in [3.05, 3.63) is 46.2 Å². The lowest BCUT2D eigenvalue weighted by Gasteiger charge is -2.06. The highest BCUT2D eigenvalue weighted by Crippen LogP contribution is 2.22. The predicted molar refractivity (Wildman–Crippen MR) is 74.8 cm³/mol. The number of rotatable bonds is 4. The van der Waals surface area contributed by atoms with Gasteiger partial charge in [0.1, 0.15) is 0 Å². The van der Waals surface area contributed by atoms with Gasteiger partial charge in [0.15, 0.2) is 0 Å². The van der Waals surface area contributed by atoms with Gasteiger partial charge in [-0.25, -0.2) is 8.42 Å². The Kier molecular flexibility index (Phi) is 3.59. The Morgan fingerprint density at radius 1 is 1.32 bits per heavy atom. The van der Waals surface area contributed by atoms with Gasteiger partial charge in [-0.3, -0.25) is 9.52 Å². The molecule has 0 fully saturated rings. The number of sulfonamides is 1. The average Bonchev–Trinajstić information content (AvgIpc) is 2.78. The van der Waals surface area contributed by atoms with Gasteiger partial charge in [-0.2, -0.15) is 0 Å². The van der Waals surface area contributed by atoms with Crippen molar-refractivity contribution in [2.45, 2.75) is 11.8 Å². The van der Waals surface area contributed by atoms with Gasteiger partial charge >= 0.3 is 0 Å². The zero-order valence-electron chi connectivity index (χ0n) is 10.1. The number of nitrogens with one attached hydrogen (secondary N) is 1. The number of nitrogens with two attached hydrogens (primary N) is 1. The summed E-state index contributed by atoms with van der Waals surface area (Å²) >= 11 is 1.00. The van der Waals surface area contributed by atoms with E-state index in [-0.39, 0.29) is 9.77 Å². The van der Waals surface area contributed by atoms with Gasteiger partial charge in [-0.05, 0) is 30.7 Å². The largest absolute Gasteiger partial charge is 0.365 e. The lowest BCUT2D eigenvalue weighted by Crippen LogP contribution is -2.13. The summed E-state index contributed by atoms with van der Waals surface area (Å²) in [5.41, 5.74) is 6.53. The van der Waals surface area contributed by atoms with E-state index in [1.807, 2.05) is 13.0 Å². The number of carbonyl (C=O) groups excluding carboxylic acids is 1. The number of primary amides is 1. The third-order valence-corrected chi connectivity index (χ3v) is 4.85. The molecule has 0 aliphatic carbocycles. The first kappa shape index (κ1) is 13.6. The molecule has 1 heterocycles. The third kappa shape index (κ3) is 3.12. The molecule has 7 heteroatoms. The number of aryl methyl sites for hydroxylation is 1. The maximum Gasteiger partial charge on any atom is 0.262 e. The number of anilines is 1. The zero-order chi connectivity index (χ0) is 14.0. The maximum absolute atomic E-state index is 12.1. The van der Waals surface area contributed by atoms with Crippen molar-refractivity contribution in [3.8, 4) is 0 Å². The second-order valence-corrected chi connectivity index (χ2v) is 6.58.